The van der Waals surface area contributed by atoms with Crippen LogP contribution < -0.4 is 31.8 Å². The van der Waals surface area contributed by atoms with Gasteiger partial charge in [-0.2, -0.15) is 0 Å². The van der Waals surface area contributed by atoms with E-state index >= 15 is 0 Å². The summed E-state index contributed by atoms with van der Waals surface area (Å²) in [6.45, 7) is 0. The van der Waals surface area contributed by atoms with E-state index < -0.39 is 37.9 Å². The molecule has 0 spiro atoms. The van der Waals surface area contributed by atoms with Crippen LogP contribution in [0.5, 0.6) is 0 Å². The molecule has 0 nitrogen and oxygen atoms in total. The van der Waals surface area contributed by atoms with Gasteiger partial charge in [-0.05, 0) is 183 Å². The van der Waals surface area contributed by atoms with Gasteiger partial charge in [-0.15, -0.1) is 70.6 Å². The van der Waals surface area contributed by atoms with E-state index in [0.29, 0.717) is 0 Å². The van der Waals surface area contributed by atoms with Crippen LogP contribution in [0.3, 0.4) is 0 Å². The first-order valence-corrected chi connectivity index (χ1v) is 40.5. The quantitative estimate of drug-likeness (QED) is 0.0676. The molecular formula is C42H44Cl2HgP2S6+2. The van der Waals surface area contributed by atoms with Crippen LogP contribution in [0.2, 0.25) is 0 Å². The summed E-state index contributed by atoms with van der Waals surface area (Å²) in [5.74, 6) is 0. The minimum absolute atomic E-state index is 0.979. The Kier molecular flexibility index (Phi) is 21.6. The van der Waals surface area contributed by atoms with Gasteiger partial charge in [0.2, 0.25) is 0 Å². The van der Waals surface area contributed by atoms with E-state index in [9.17, 15) is 0 Å². The Labute approximate surface area is 365 Å². The van der Waals surface area contributed by atoms with Gasteiger partial charge >= 0.3 is 38.6 Å². The van der Waals surface area contributed by atoms with Crippen LogP contribution in [0.15, 0.2) is 175 Å². The number of thioether (sulfide) groups is 6. The first-order chi connectivity index (χ1) is 25.9. The predicted molar refractivity (Wildman–Crippen MR) is 255 cm³/mol. The molecule has 0 fully saturated rings. The topological polar surface area (TPSA) is 0 Å². The van der Waals surface area contributed by atoms with E-state index in [1.807, 2.05) is 0 Å². The second kappa shape index (κ2) is 25.2. The van der Waals surface area contributed by atoms with Gasteiger partial charge in [0.1, 0.15) is 31.8 Å². The van der Waals surface area contributed by atoms with Gasteiger partial charge in [0.15, 0.2) is 0 Å². The molecule has 53 heavy (non-hydrogen) atoms. The molecule has 6 aromatic rings. The monoisotopic (exact) mass is 1070 g/mol. The number of rotatable bonds is 12. The molecule has 11 heteroatoms. The summed E-state index contributed by atoms with van der Waals surface area (Å²) in [6.07, 6.45) is 12.8. The number of halogens is 2. The molecule has 0 aliphatic rings. The Bertz CT molecular complexity index is 1550. The van der Waals surface area contributed by atoms with Crippen molar-refractivity contribution >= 4 is 135 Å². The fourth-order valence-electron chi connectivity index (χ4n) is 5.55. The normalized spacial score (nSPS) is 10.6. The molecule has 0 N–H and O–H groups in total. The summed E-state index contributed by atoms with van der Waals surface area (Å²) in [4.78, 5) is 7.92. The second-order valence-electron chi connectivity index (χ2n) is 11.2. The summed E-state index contributed by atoms with van der Waals surface area (Å²) in [6, 6.07) is 54.7. The van der Waals surface area contributed by atoms with Crippen LogP contribution in [-0.4, -0.2) is 37.5 Å². The van der Waals surface area contributed by atoms with Crippen LogP contribution >= 0.6 is 103 Å². The Morgan fingerprint density at radius 3 is 0.491 bits per heavy atom. The van der Waals surface area contributed by atoms with Crippen molar-refractivity contribution in [3.05, 3.63) is 146 Å². The van der Waals surface area contributed by atoms with Crippen molar-refractivity contribution in [2.75, 3.05) is 37.5 Å². The van der Waals surface area contributed by atoms with Crippen molar-refractivity contribution in [2.24, 2.45) is 0 Å². The van der Waals surface area contributed by atoms with E-state index in [0.717, 1.165) is 0 Å². The molecule has 6 rings (SSSR count). The van der Waals surface area contributed by atoms with E-state index in [4.69, 9.17) is 16.5 Å². The van der Waals surface area contributed by atoms with Crippen LogP contribution in [0, 0.1) is 0 Å². The SMILES string of the molecule is CSc1ccc([PH+](c2ccc(SC)cc2)c2ccc(SC)cc2)cc1.CSc1ccc([PH+](c2ccc(SC)cc2)c2ccc(SC)cc2)cc1.[Cl][Hg][Cl]. The molecule has 0 heterocycles. The molecule has 0 radical (unpaired) electrons. The summed E-state index contributed by atoms with van der Waals surface area (Å²) in [5, 5.41) is 8.65. The molecule has 0 aromatic heterocycles. The first kappa shape index (κ1) is 45.5. The van der Waals surface area contributed by atoms with Gasteiger partial charge in [0, 0.05) is 29.4 Å². The third kappa shape index (κ3) is 14.0. The zero-order valence-corrected chi connectivity index (χ0v) is 44.7. The first-order valence-electron chi connectivity index (χ1n) is 16.6. The average molecular weight is 1070 g/mol. The Morgan fingerprint density at radius 2 is 0.396 bits per heavy atom. The number of benzene rings is 6. The summed E-state index contributed by atoms with van der Waals surface area (Å²) >= 11 is 9.64. The fraction of sp³-hybridized carbons (Fsp3) is 0.143. The van der Waals surface area contributed by atoms with E-state index in [2.05, 4.69) is 183 Å². The van der Waals surface area contributed by atoms with Gasteiger partial charge in [-0.25, -0.2) is 0 Å². The molecule has 0 bridgehead atoms. The molecule has 0 aliphatic carbocycles. The molecule has 0 saturated carbocycles. The molecule has 0 atom stereocenters. The Balaban J connectivity index is 0.000000220. The van der Waals surface area contributed by atoms with Crippen molar-refractivity contribution in [2.45, 2.75) is 29.4 Å². The zero-order valence-electron chi connectivity index (χ0n) is 30.8. The molecule has 0 amide bonds. The number of hydrogen-bond donors (Lipinski definition) is 0. The van der Waals surface area contributed by atoms with Crippen LogP contribution in [0.25, 0.3) is 0 Å². The van der Waals surface area contributed by atoms with Gasteiger partial charge in [0.05, 0.1) is 15.8 Å². The predicted octanol–water partition coefficient (Wildman–Crippen LogP) is 12.1. The molecule has 0 unspecified atom stereocenters. The standard InChI is InChI=1S/2C21H21PS3.2ClH.Hg/c2*1-23-19-10-4-16(5-11-19)22(17-6-12-20(24-2)13-7-17)18-8-14-21(25-3)15-9-18;;;/h2*4-15H,1-3H3;2*1H;/q;;;;+2. The van der Waals surface area contributed by atoms with Gasteiger partial charge in [-0.3, -0.25) is 0 Å². The number of hydrogen-bond acceptors (Lipinski definition) is 6. The molecule has 0 saturated heterocycles. The van der Waals surface area contributed by atoms with Crippen molar-refractivity contribution in [3.63, 3.8) is 0 Å². The van der Waals surface area contributed by atoms with Crippen molar-refractivity contribution in [1.29, 1.82) is 0 Å². The van der Waals surface area contributed by atoms with Crippen molar-refractivity contribution in [1.82, 2.24) is 0 Å². The summed E-state index contributed by atoms with van der Waals surface area (Å²) < 4.78 is 0. The molecule has 6 aromatic carbocycles. The van der Waals surface area contributed by atoms with Gasteiger partial charge in [0.25, 0.3) is 0 Å². The van der Waals surface area contributed by atoms with Crippen LogP contribution in [-0.2, 0) is 22.1 Å². The van der Waals surface area contributed by atoms with Crippen molar-refractivity contribution < 1.29 is 22.1 Å². The maximum atomic E-state index is 4.99. The third-order valence-electron chi connectivity index (χ3n) is 8.27. The fourth-order valence-corrected chi connectivity index (χ4v) is 13.0. The van der Waals surface area contributed by atoms with Crippen molar-refractivity contribution in [3.8, 4) is 0 Å². The second-order valence-corrected chi connectivity index (χ2v) is 29.3. The van der Waals surface area contributed by atoms with Gasteiger partial charge < -0.3 is 0 Å². The Hall–Kier alpha value is -0.205. The van der Waals surface area contributed by atoms with Crippen LogP contribution in [0.1, 0.15) is 0 Å². The maximum absolute atomic E-state index is 4.99. The van der Waals surface area contributed by atoms with Crippen LogP contribution in [0.4, 0.5) is 0 Å². The van der Waals surface area contributed by atoms with Gasteiger partial charge in [-0.1, -0.05) is 0 Å². The van der Waals surface area contributed by atoms with E-state index in [1.165, 1.54) is 61.2 Å². The van der Waals surface area contributed by atoms with E-state index in [1.54, 1.807) is 70.6 Å². The summed E-state index contributed by atoms with van der Waals surface area (Å²) in [5.41, 5.74) is 0. The third-order valence-corrected chi connectivity index (χ3v) is 18.2. The molecule has 272 valence electrons. The average Bonchev–Trinajstić information content (AvgIpc) is 3.23. The minimum atomic E-state index is -1.14. The Morgan fingerprint density at radius 1 is 0.283 bits per heavy atom. The zero-order chi connectivity index (χ0) is 38.0. The molecular weight excluding hydrogens is 1030 g/mol. The summed E-state index contributed by atoms with van der Waals surface area (Å²) in [7, 11) is 8.01. The molecule has 0 aliphatic heterocycles. The van der Waals surface area contributed by atoms with E-state index in [-0.39, 0.29) is 0 Å².